The number of halogens is 1. The minimum absolute atomic E-state index is 0.330. The van der Waals surface area contributed by atoms with E-state index in [0.717, 1.165) is 18.4 Å². The highest BCUT2D eigenvalue weighted by atomic mass is 79.9. The average molecular weight is 361 g/mol. The second kappa shape index (κ2) is 6.56. The van der Waals surface area contributed by atoms with Crippen molar-refractivity contribution in [1.29, 1.82) is 0 Å². The van der Waals surface area contributed by atoms with Gasteiger partial charge < -0.3 is 5.73 Å². The molecule has 0 amide bonds. The van der Waals surface area contributed by atoms with E-state index in [9.17, 15) is 8.42 Å². The third-order valence-corrected chi connectivity index (χ3v) is 6.81. The summed E-state index contributed by atoms with van der Waals surface area (Å²) in [6.07, 6.45) is 3.50. The summed E-state index contributed by atoms with van der Waals surface area (Å²) in [5.74, 6) is 0.520. The van der Waals surface area contributed by atoms with Crippen LogP contribution in [0, 0.1) is 5.92 Å². The van der Waals surface area contributed by atoms with Crippen molar-refractivity contribution in [2.24, 2.45) is 11.7 Å². The minimum Gasteiger partial charge on any atom is -0.326 e. The van der Waals surface area contributed by atoms with Crippen molar-refractivity contribution >= 4 is 26.0 Å². The Bertz CT molecular complexity index is 571. The van der Waals surface area contributed by atoms with E-state index in [4.69, 9.17) is 5.73 Å². The fourth-order valence-corrected chi connectivity index (χ4v) is 4.99. The van der Waals surface area contributed by atoms with Crippen molar-refractivity contribution in [2.75, 3.05) is 13.1 Å². The maximum absolute atomic E-state index is 12.7. The Kier molecular flexibility index (Phi) is 5.23. The predicted octanol–water partition coefficient (Wildman–Crippen LogP) is 2.72. The number of nitrogens with zero attached hydrogens (tertiary/aromatic N) is 1. The minimum atomic E-state index is -3.43. The molecule has 20 heavy (non-hydrogen) atoms. The van der Waals surface area contributed by atoms with Crippen LogP contribution in [0.3, 0.4) is 0 Å². The van der Waals surface area contributed by atoms with E-state index in [-0.39, 0.29) is 0 Å². The third kappa shape index (κ3) is 3.24. The second-order valence-electron chi connectivity index (χ2n) is 5.22. The molecule has 4 nitrogen and oxygen atoms in total. The van der Waals surface area contributed by atoms with Gasteiger partial charge in [-0.25, -0.2) is 8.42 Å². The summed E-state index contributed by atoms with van der Waals surface area (Å²) < 4.78 is 27.6. The Hall–Kier alpha value is -0.430. The van der Waals surface area contributed by atoms with Gasteiger partial charge in [-0.1, -0.05) is 19.4 Å². The molecule has 0 spiro atoms. The molecule has 0 atom stereocenters. The van der Waals surface area contributed by atoms with Crippen LogP contribution in [0.4, 0.5) is 0 Å². The zero-order valence-corrected chi connectivity index (χ0v) is 14.1. The van der Waals surface area contributed by atoms with Gasteiger partial charge in [-0.2, -0.15) is 4.31 Å². The van der Waals surface area contributed by atoms with Crippen LogP contribution in [0.5, 0.6) is 0 Å². The molecule has 1 aliphatic carbocycles. The Morgan fingerprint density at radius 2 is 2.10 bits per heavy atom. The topological polar surface area (TPSA) is 63.4 Å². The first-order chi connectivity index (χ1) is 9.48. The largest absolute Gasteiger partial charge is 0.326 e. The van der Waals surface area contributed by atoms with Gasteiger partial charge in [-0.3, -0.25) is 0 Å². The van der Waals surface area contributed by atoms with Crippen LogP contribution in [0.25, 0.3) is 0 Å². The molecule has 112 valence electrons. The molecule has 1 saturated carbocycles. The maximum Gasteiger partial charge on any atom is 0.244 e. The van der Waals surface area contributed by atoms with E-state index in [1.165, 1.54) is 6.42 Å². The van der Waals surface area contributed by atoms with Crippen molar-refractivity contribution in [2.45, 2.75) is 37.6 Å². The molecule has 2 N–H and O–H groups in total. The monoisotopic (exact) mass is 360 g/mol. The highest BCUT2D eigenvalue weighted by molar-refractivity contribution is 9.10. The van der Waals surface area contributed by atoms with E-state index < -0.39 is 10.0 Å². The van der Waals surface area contributed by atoms with Gasteiger partial charge in [0, 0.05) is 24.1 Å². The van der Waals surface area contributed by atoms with Gasteiger partial charge in [0.25, 0.3) is 0 Å². The van der Waals surface area contributed by atoms with Crippen molar-refractivity contribution in [3.63, 3.8) is 0 Å². The molecule has 0 unspecified atom stereocenters. The van der Waals surface area contributed by atoms with Gasteiger partial charge in [0.2, 0.25) is 10.0 Å². The molecule has 0 aromatic heterocycles. The van der Waals surface area contributed by atoms with E-state index >= 15 is 0 Å². The van der Waals surface area contributed by atoms with E-state index in [1.807, 2.05) is 6.92 Å². The van der Waals surface area contributed by atoms with Gasteiger partial charge in [0.15, 0.2) is 0 Å². The molecule has 0 radical (unpaired) electrons. The Morgan fingerprint density at radius 1 is 1.40 bits per heavy atom. The fraction of sp³-hybridized carbons (Fsp3) is 0.571. The molecule has 1 aromatic carbocycles. The molecule has 1 fully saturated rings. The van der Waals surface area contributed by atoms with E-state index in [1.54, 1.807) is 22.5 Å². The van der Waals surface area contributed by atoms with Crippen molar-refractivity contribution < 1.29 is 8.42 Å². The Morgan fingerprint density at radius 3 is 2.55 bits per heavy atom. The van der Waals surface area contributed by atoms with Crippen LogP contribution in [-0.2, 0) is 16.6 Å². The number of rotatable bonds is 6. The smallest absolute Gasteiger partial charge is 0.244 e. The highest BCUT2D eigenvalue weighted by Gasteiger charge is 2.29. The van der Waals surface area contributed by atoms with Gasteiger partial charge in [0.05, 0.1) is 4.90 Å². The van der Waals surface area contributed by atoms with Crippen molar-refractivity contribution in [3.05, 3.63) is 28.2 Å². The Balaban J connectivity index is 2.27. The first-order valence-corrected chi connectivity index (χ1v) is 9.21. The zero-order chi connectivity index (χ0) is 14.8. The summed E-state index contributed by atoms with van der Waals surface area (Å²) in [7, 11) is -3.43. The lowest BCUT2D eigenvalue weighted by Crippen LogP contribution is -2.37. The molecule has 1 aromatic rings. The van der Waals surface area contributed by atoms with Gasteiger partial charge >= 0.3 is 0 Å². The third-order valence-electron chi connectivity index (χ3n) is 3.89. The number of sulfonamides is 1. The lowest BCUT2D eigenvalue weighted by atomic mass is 9.85. The maximum atomic E-state index is 12.7. The summed E-state index contributed by atoms with van der Waals surface area (Å²) in [5, 5.41) is 0. The molecule has 2 rings (SSSR count). The summed E-state index contributed by atoms with van der Waals surface area (Å²) >= 11 is 3.36. The molecule has 0 saturated heterocycles. The normalized spacial score (nSPS) is 16.4. The van der Waals surface area contributed by atoms with Crippen LogP contribution in [0.15, 0.2) is 27.6 Å². The molecule has 0 aliphatic heterocycles. The van der Waals surface area contributed by atoms with Crippen LogP contribution in [0.1, 0.15) is 31.7 Å². The summed E-state index contributed by atoms with van der Waals surface area (Å²) in [6, 6.07) is 5.20. The van der Waals surface area contributed by atoms with Gasteiger partial charge in [-0.15, -0.1) is 0 Å². The van der Waals surface area contributed by atoms with E-state index in [0.29, 0.717) is 34.9 Å². The van der Waals surface area contributed by atoms with Gasteiger partial charge in [0.1, 0.15) is 0 Å². The van der Waals surface area contributed by atoms with Crippen LogP contribution in [-0.4, -0.2) is 25.8 Å². The zero-order valence-electron chi connectivity index (χ0n) is 11.7. The predicted molar refractivity (Wildman–Crippen MR) is 83.8 cm³/mol. The molecule has 1 aliphatic rings. The summed E-state index contributed by atoms with van der Waals surface area (Å²) in [5.41, 5.74) is 6.49. The van der Waals surface area contributed by atoms with Crippen molar-refractivity contribution in [1.82, 2.24) is 4.31 Å². The molecule has 0 heterocycles. The van der Waals surface area contributed by atoms with Crippen molar-refractivity contribution in [3.8, 4) is 0 Å². The second-order valence-corrected chi connectivity index (χ2v) is 7.98. The number of nitrogens with two attached hydrogens (primary N) is 1. The molecular formula is C14H21BrN2O2S. The first-order valence-electron chi connectivity index (χ1n) is 6.97. The van der Waals surface area contributed by atoms with Crippen LogP contribution in [0.2, 0.25) is 0 Å². The number of benzene rings is 1. The quantitative estimate of drug-likeness (QED) is 0.847. The number of hydrogen-bond acceptors (Lipinski definition) is 3. The lowest BCUT2D eigenvalue weighted by molar-refractivity contribution is 0.250. The SMILES string of the molecule is CCN(CC1CCC1)S(=O)(=O)c1ccc(CN)cc1Br. The summed E-state index contributed by atoms with van der Waals surface area (Å²) in [4.78, 5) is 0.330. The first kappa shape index (κ1) is 15.9. The lowest BCUT2D eigenvalue weighted by Gasteiger charge is -2.31. The number of hydrogen-bond donors (Lipinski definition) is 1. The summed E-state index contributed by atoms with van der Waals surface area (Å²) in [6.45, 7) is 3.42. The van der Waals surface area contributed by atoms with Gasteiger partial charge in [-0.05, 0) is 52.4 Å². The van der Waals surface area contributed by atoms with E-state index in [2.05, 4.69) is 15.9 Å². The van der Waals surface area contributed by atoms with Crippen LogP contribution < -0.4 is 5.73 Å². The molecular weight excluding hydrogens is 340 g/mol. The molecule has 0 bridgehead atoms. The van der Waals surface area contributed by atoms with Crippen LogP contribution >= 0.6 is 15.9 Å². The standard InChI is InChI=1S/C14H21BrN2O2S/c1-2-17(10-11-4-3-5-11)20(18,19)14-7-6-12(9-16)8-13(14)15/h6-8,11H,2-5,9-10,16H2,1H3. The average Bonchev–Trinajstić information content (AvgIpc) is 2.36. The Labute approximate surface area is 129 Å². The molecule has 6 heteroatoms. The fourth-order valence-electron chi connectivity index (χ4n) is 2.38. The highest BCUT2D eigenvalue weighted by Crippen LogP contribution is 2.31.